The van der Waals surface area contributed by atoms with Crippen LogP contribution in [0.5, 0.6) is 5.75 Å². The van der Waals surface area contributed by atoms with E-state index in [0.29, 0.717) is 6.42 Å². The summed E-state index contributed by atoms with van der Waals surface area (Å²) >= 11 is 11.8. The standard InChI is InChI=1S/C14H17Cl2NO4/c1-8(2)6-11(14(19)20)17-12(18)7-21-13-9(15)4-3-5-10(13)16/h3-5,8,11H,6-7H2,1-2H3,(H,17,18)(H,19,20)/t11-/m0/s1. The summed E-state index contributed by atoms with van der Waals surface area (Å²) in [6, 6.07) is 3.88. The van der Waals surface area contributed by atoms with Gasteiger partial charge < -0.3 is 15.2 Å². The average molecular weight is 334 g/mol. The zero-order valence-electron chi connectivity index (χ0n) is 11.7. The molecule has 21 heavy (non-hydrogen) atoms. The Morgan fingerprint density at radius 3 is 2.33 bits per heavy atom. The van der Waals surface area contributed by atoms with Gasteiger partial charge in [-0.3, -0.25) is 4.79 Å². The number of benzene rings is 1. The molecule has 0 fully saturated rings. The van der Waals surface area contributed by atoms with Crippen LogP contribution in [0.3, 0.4) is 0 Å². The predicted octanol–water partition coefficient (Wildman–Crippen LogP) is 2.99. The number of carboxylic acids is 1. The molecule has 7 heteroatoms. The van der Waals surface area contributed by atoms with Crippen LogP contribution in [-0.4, -0.2) is 29.6 Å². The smallest absolute Gasteiger partial charge is 0.326 e. The number of para-hydroxylation sites is 1. The van der Waals surface area contributed by atoms with Gasteiger partial charge in [-0.2, -0.15) is 0 Å². The molecule has 0 heterocycles. The molecule has 0 unspecified atom stereocenters. The van der Waals surface area contributed by atoms with Crippen LogP contribution in [-0.2, 0) is 9.59 Å². The van der Waals surface area contributed by atoms with Gasteiger partial charge in [-0.25, -0.2) is 4.79 Å². The fourth-order valence-electron chi connectivity index (χ4n) is 1.69. The van der Waals surface area contributed by atoms with Crippen LogP contribution in [0, 0.1) is 5.92 Å². The molecule has 1 atom stereocenters. The first-order chi connectivity index (χ1) is 9.81. The molecule has 0 saturated heterocycles. The highest BCUT2D eigenvalue weighted by molar-refractivity contribution is 6.37. The highest BCUT2D eigenvalue weighted by Gasteiger charge is 2.21. The van der Waals surface area contributed by atoms with Gasteiger partial charge in [0.25, 0.3) is 5.91 Å². The summed E-state index contributed by atoms with van der Waals surface area (Å²) in [6.07, 6.45) is 0.341. The van der Waals surface area contributed by atoms with Crippen LogP contribution in [0.25, 0.3) is 0 Å². The third-order valence-corrected chi connectivity index (χ3v) is 3.20. The van der Waals surface area contributed by atoms with E-state index < -0.39 is 17.9 Å². The van der Waals surface area contributed by atoms with E-state index >= 15 is 0 Å². The van der Waals surface area contributed by atoms with E-state index in [0.717, 1.165) is 0 Å². The highest BCUT2D eigenvalue weighted by Crippen LogP contribution is 2.32. The summed E-state index contributed by atoms with van der Waals surface area (Å²) in [5.74, 6) is -1.27. The zero-order chi connectivity index (χ0) is 16.0. The summed E-state index contributed by atoms with van der Waals surface area (Å²) in [6.45, 7) is 3.40. The van der Waals surface area contributed by atoms with Crippen LogP contribution in [0.1, 0.15) is 20.3 Å². The Kier molecular flexibility index (Phi) is 6.78. The maximum Gasteiger partial charge on any atom is 0.326 e. The Labute approximate surface area is 133 Å². The lowest BCUT2D eigenvalue weighted by Crippen LogP contribution is -2.43. The van der Waals surface area contributed by atoms with Crippen molar-refractivity contribution in [3.05, 3.63) is 28.2 Å². The quantitative estimate of drug-likeness (QED) is 0.804. The van der Waals surface area contributed by atoms with E-state index in [1.807, 2.05) is 13.8 Å². The van der Waals surface area contributed by atoms with Crippen molar-refractivity contribution >= 4 is 35.1 Å². The topological polar surface area (TPSA) is 75.6 Å². The molecular formula is C14H17Cl2NO4. The largest absolute Gasteiger partial charge is 0.481 e. The van der Waals surface area contributed by atoms with Crippen LogP contribution in [0.15, 0.2) is 18.2 Å². The molecule has 1 aromatic carbocycles. The van der Waals surface area contributed by atoms with Gasteiger partial charge in [-0.15, -0.1) is 0 Å². The molecule has 0 radical (unpaired) electrons. The fourth-order valence-corrected chi connectivity index (χ4v) is 2.19. The van der Waals surface area contributed by atoms with Crippen LogP contribution >= 0.6 is 23.2 Å². The molecule has 5 nitrogen and oxygen atoms in total. The van der Waals surface area contributed by atoms with Gasteiger partial charge in [0, 0.05) is 0 Å². The summed E-state index contributed by atoms with van der Waals surface area (Å²) < 4.78 is 5.25. The van der Waals surface area contributed by atoms with Crippen molar-refractivity contribution in [3.8, 4) is 5.75 Å². The average Bonchev–Trinajstić information content (AvgIpc) is 2.36. The molecule has 0 bridgehead atoms. The molecular weight excluding hydrogens is 317 g/mol. The SMILES string of the molecule is CC(C)C[C@H](NC(=O)COc1c(Cl)cccc1Cl)C(=O)O. The van der Waals surface area contributed by atoms with Gasteiger partial charge in [0.15, 0.2) is 12.4 Å². The predicted molar refractivity (Wildman–Crippen MR) is 81.0 cm³/mol. The van der Waals surface area contributed by atoms with Gasteiger partial charge in [0.05, 0.1) is 10.0 Å². The Balaban J connectivity index is 2.59. The second-order valence-electron chi connectivity index (χ2n) is 4.93. The zero-order valence-corrected chi connectivity index (χ0v) is 13.2. The maximum atomic E-state index is 11.7. The molecule has 2 N–H and O–H groups in total. The first-order valence-electron chi connectivity index (χ1n) is 6.40. The van der Waals surface area contributed by atoms with E-state index in [2.05, 4.69) is 5.32 Å². The minimum Gasteiger partial charge on any atom is -0.481 e. The van der Waals surface area contributed by atoms with Crippen LogP contribution in [0.2, 0.25) is 10.0 Å². The third kappa shape index (κ3) is 5.81. The van der Waals surface area contributed by atoms with Crippen molar-refractivity contribution in [1.29, 1.82) is 0 Å². The lowest BCUT2D eigenvalue weighted by molar-refractivity contribution is -0.142. The molecule has 0 aromatic heterocycles. The van der Waals surface area contributed by atoms with Crippen molar-refractivity contribution in [1.82, 2.24) is 5.32 Å². The van der Waals surface area contributed by atoms with E-state index in [4.69, 9.17) is 33.0 Å². The summed E-state index contributed by atoms with van der Waals surface area (Å²) in [5.41, 5.74) is 0. The van der Waals surface area contributed by atoms with Gasteiger partial charge >= 0.3 is 5.97 Å². The van der Waals surface area contributed by atoms with Gasteiger partial charge in [-0.05, 0) is 24.5 Å². The van der Waals surface area contributed by atoms with E-state index in [-0.39, 0.29) is 28.3 Å². The highest BCUT2D eigenvalue weighted by atomic mass is 35.5. The molecule has 1 rings (SSSR count). The van der Waals surface area contributed by atoms with E-state index in [1.165, 1.54) is 0 Å². The summed E-state index contributed by atoms with van der Waals surface area (Å²) in [5, 5.41) is 12.0. The number of aliphatic carboxylic acids is 1. The summed E-state index contributed by atoms with van der Waals surface area (Å²) in [7, 11) is 0. The van der Waals surface area contributed by atoms with Crippen molar-refractivity contribution in [2.24, 2.45) is 5.92 Å². The van der Waals surface area contributed by atoms with Crippen LogP contribution < -0.4 is 10.1 Å². The monoisotopic (exact) mass is 333 g/mol. The number of carboxylic acid groups (broad SMARTS) is 1. The molecule has 0 spiro atoms. The maximum absolute atomic E-state index is 11.7. The molecule has 0 aliphatic rings. The minimum atomic E-state index is -1.08. The molecule has 0 saturated carbocycles. The molecule has 116 valence electrons. The number of carbonyl (C=O) groups excluding carboxylic acids is 1. The molecule has 0 aliphatic heterocycles. The number of hydrogen-bond acceptors (Lipinski definition) is 3. The Bertz CT molecular complexity index is 499. The second-order valence-corrected chi connectivity index (χ2v) is 5.74. The number of halogens is 2. The first-order valence-corrected chi connectivity index (χ1v) is 7.15. The van der Waals surface area contributed by atoms with Crippen molar-refractivity contribution in [3.63, 3.8) is 0 Å². The molecule has 1 aromatic rings. The first kappa shape index (κ1) is 17.6. The minimum absolute atomic E-state index is 0.144. The molecule has 1 amide bonds. The number of nitrogens with one attached hydrogen (secondary N) is 1. The lowest BCUT2D eigenvalue weighted by Gasteiger charge is -2.17. The number of rotatable bonds is 7. The van der Waals surface area contributed by atoms with Gasteiger partial charge in [0.1, 0.15) is 6.04 Å². The normalized spacial score (nSPS) is 12.0. The van der Waals surface area contributed by atoms with Crippen molar-refractivity contribution in [2.75, 3.05) is 6.61 Å². The Morgan fingerprint density at radius 2 is 1.86 bits per heavy atom. The second kappa shape index (κ2) is 8.10. The van der Waals surface area contributed by atoms with Crippen LogP contribution in [0.4, 0.5) is 0 Å². The van der Waals surface area contributed by atoms with Gasteiger partial charge in [-0.1, -0.05) is 43.1 Å². The molecule has 0 aliphatic carbocycles. The van der Waals surface area contributed by atoms with E-state index in [1.54, 1.807) is 18.2 Å². The lowest BCUT2D eigenvalue weighted by atomic mass is 10.0. The van der Waals surface area contributed by atoms with Crippen molar-refractivity contribution in [2.45, 2.75) is 26.3 Å². The number of amides is 1. The Hall–Kier alpha value is -1.46. The number of ether oxygens (including phenoxy) is 1. The number of hydrogen-bond donors (Lipinski definition) is 2. The Morgan fingerprint density at radius 1 is 1.29 bits per heavy atom. The van der Waals surface area contributed by atoms with E-state index in [9.17, 15) is 9.59 Å². The fraction of sp³-hybridized carbons (Fsp3) is 0.429. The summed E-state index contributed by atoms with van der Waals surface area (Å²) in [4.78, 5) is 22.8. The van der Waals surface area contributed by atoms with Gasteiger partial charge in [0.2, 0.25) is 0 Å². The number of carbonyl (C=O) groups is 2. The van der Waals surface area contributed by atoms with Crippen molar-refractivity contribution < 1.29 is 19.4 Å². The third-order valence-electron chi connectivity index (χ3n) is 2.61.